The van der Waals surface area contributed by atoms with Crippen LogP contribution in [0.3, 0.4) is 0 Å². The number of Topliss-reactive ketones (excluding diaryl/α,β-unsaturated/α-hetero) is 1. The van der Waals surface area contributed by atoms with Gasteiger partial charge < -0.3 is 9.80 Å². The standard InChI is InChI=1S/C15H26N2O2.C3H8/c1-12(18)15(2)6-10-17(11-7-15)14(19)13-4-8-16(3)9-5-13;1-3-2/h13H,4-11H2,1-3H3;3H2,1-2H3. The molecule has 1 amide bonds. The average Bonchev–Trinajstić information content (AvgIpc) is 2.49. The monoisotopic (exact) mass is 310 g/mol. The van der Waals surface area contributed by atoms with E-state index in [1.54, 1.807) is 6.92 Å². The SMILES string of the molecule is CC(=O)C1(C)CCN(C(=O)C2CCN(C)CC2)CC1.CCC. The largest absolute Gasteiger partial charge is 0.342 e. The third-order valence-electron chi connectivity index (χ3n) is 5.10. The minimum atomic E-state index is -0.205. The number of amides is 1. The molecule has 0 spiro atoms. The highest BCUT2D eigenvalue weighted by molar-refractivity contribution is 5.83. The van der Waals surface area contributed by atoms with Gasteiger partial charge in [0.05, 0.1) is 0 Å². The molecule has 0 aromatic carbocycles. The summed E-state index contributed by atoms with van der Waals surface area (Å²) in [4.78, 5) is 28.4. The van der Waals surface area contributed by atoms with E-state index in [1.807, 2.05) is 11.8 Å². The first-order valence-corrected chi connectivity index (χ1v) is 8.82. The number of hydrogen-bond acceptors (Lipinski definition) is 3. The fraction of sp³-hybridized carbons (Fsp3) is 0.889. The zero-order chi connectivity index (χ0) is 16.8. The number of hydrogen-bond donors (Lipinski definition) is 0. The molecule has 128 valence electrons. The van der Waals surface area contributed by atoms with Gasteiger partial charge in [-0.1, -0.05) is 27.2 Å². The maximum absolute atomic E-state index is 12.5. The Bertz CT molecular complexity index is 365. The Kier molecular flexibility index (Phi) is 7.54. The topological polar surface area (TPSA) is 40.6 Å². The highest BCUT2D eigenvalue weighted by atomic mass is 16.2. The molecule has 22 heavy (non-hydrogen) atoms. The summed E-state index contributed by atoms with van der Waals surface area (Å²) in [5.74, 6) is 0.787. The molecule has 0 unspecified atom stereocenters. The molecule has 0 bridgehead atoms. The van der Waals surface area contributed by atoms with Crippen LogP contribution in [0.2, 0.25) is 0 Å². The van der Waals surface area contributed by atoms with Crippen LogP contribution in [-0.4, -0.2) is 54.7 Å². The molecule has 0 aromatic heterocycles. The summed E-state index contributed by atoms with van der Waals surface area (Å²) >= 11 is 0. The zero-order valence-electron chi connectivity index (χ0n) is 15.2. The molecular weight excluding hydrogens is 276 g/mol. The van der Waals surface area contributed by atoms with Gasteiger partial charge in [-0.3, -0.25) is 9.59 Å². The molecule has 2 fully saturated rings. The van der Waals surface area contributed by atoms with Crippen LogP contribution < -0.4 is 0 Å². The number of carbonyl (C=O) groups excluding carboxylic acids is 2. The second kappa shape index (κ2) is 8.66. The van der Waals surface area contributed by atoms with Crippen molar-refractivity contribution in [1.82, 2.24) is 9.80 Å². The Morgan fingerprint density at radius 2 is 1.50 bits per heavy atom. The Morgan fingerprint density at radius 3 is 1.91 bits per heavy atom. The molecule has 0 N–H and O–H groups in total. The quantitative estimate of drug-likeness (QED) is 0.787. The summed E-state index contributed by atoms with van der Waals surface area (Å²) in [6.07, 6.45) is 4.85. The minimum absolute atomic E-state index is 0.205. The molecule has 4 heteroatoms. The molecule has 0 aliphatic carbocycles. The Labute approximate surface area is 136 Å². The van der Waals surface area contributed by atoms with E-state index >= 15 is 0 Å². The van der Waals surface area contributed by atoms with Crippen molar-refractivity contribution in [2.45, 2.75) is 59.8 Å². The van der Waals surface area contributed by atoms with E-state index in [9.17, 15) is 9.59 Å². The Hall–Kier alpha value is -0.900. The first kappa shape index (κ1) is 19.1. The van der Waals surface area contributed by atoms with Crippen molar-refractivity contribution >= 4 is 11.7 Å². The summed E-state index contributed by atoms with van der Waals surface area (Å²) in [5.41, 5.74) is -0.205. The number of carbonyl (C=O) groups is 2. The molecule has 0 saturated carbocycles. The van der Waals surface area contributed by atoms with E-state index in [1.165, 1.54) is 6.42 Å². The number of likely N-dealkylation sites (tertiary alicyclic amines) is 2. The van der Waals surface area contributed by atoms with E-state index in [0.29, 0.717) is 5.91 Å². The number of ketones is 1. The summed E-state index contributed by atoms with van der Waals surface area (Å²) in [6, 6.07) is 0. The smallest absolute Gasteiger partial charge is 0.225 e. The van der Waals surface area contributed by atoms with Crippen molar-refractivity contribution in [3.8, 4) is 0 Å². The van der Waals surface area contributed by atoms with Crippen LogP contribution in [0, 0.1) is 11.3 Å². The molecule has 2 rings (SSSR count). The van der Waals surface area contributed by atoms with Crippen molar-refractivity contribution in [1.29, 1.82) is 0 Å². The Morgan fingerprint density at radius 1 is 1.05 bits per heavy atom. The Balaban J connectivity index is 0.000000745. The van der Waals surface area contributed by atoms with Gasteiger partial charge in [0.1, 0.15) is 5.78 Å². The maximum atomic E-state index is 12.5. The summed E-state index contributed by atoms with van der Waals surface area (Å²) < 4.78 is 0. The summed E-state index contributed by atoms with van der Waals surface area (Å²) in [6.45, 7) is 11.5. The third kappa shape index (κ3) is 5.08. The van der Waals surface area contributed by atoms with Crippen molar-refractivity contribution in [2.24, 2.45) is 11.3 Å². The first-order valence-electron chi connectivity index (χ1n) is 8.82. The predicted octanol–water partition coefficient (Wildman–Crippen LogP) is 2.96. The molecule has 0 atom stereocenters. The fourth-order valence-corrected chi connectivity index (χ4v) is 3.09. The van der Waals surface area contributed by atoms with Gasteiger partial charge in [0.25, 0.3) is 0 Å². The zero-order valence-corrected chi connectivity index (χ0v) is 15.2. The van der Waals surface area contributed by atoms with Crippen molar-refractivity contribution < 1.29 is 9.59 Å². The number of nitrogens with zero attached hydrogens (tertiary/aromatic N) is 2. The number of rotatable bonds is 2. The van der Waals surface area contributed by atoms with Gasteiger partial charge in [-0.05, 0) is 52.7 Å². The average molecular weight is 310 g/mol. The van der Waals surface area contributed by atoms with Gasteiger partial charge in [-0.25, -0.2) is 0 Å². The predicted molar refractivity (Wildman–Crippen MR) is 90.8 cm³/mol. The van der Waals surface area contributed by atoms with Gasteiger partial charge in [0.2, 0.25) is 5.91 Å². The van der Waals surface area contributed by atoms with E-state index in [2.05, 4.69) is 25.8 Å². The van der Waals surface area contributed by atoms with Gasteiger partial charge in [-0.15, -0.1) is 0 Å². The normalized spacial score (nSPS) is 22.7. The molecule has 2 aliphatic heterocycles. The van der Waals surface area contributed by atoms with E-state index in [-0.39, 0.29) is 17.1 Å². The highest BCUT2D eigenvalue weighted by Gasteiger charge is 2.37. The van der Waals surface area contributed by atoms with E-state index in [4.69, 9.17) is 0 Å². The van der Waals surface area contributed by atoms with Crippen LogP contribution in [0.4, 0.5) is 0 Å². The van der Waals surface area contributed by atoms with E-state index in [0.717, 1.165) is 51.9 Å². The molecule has 0 radical (unpaired) electrons. The third-order valence-corrected chi connectivity index (χ3v) is 5.10. The molecule has 2 heterocycles. The molecule has 2 saturated heterocycles. The lowest BCUT2D eigenvalue weighted by molar-refractivity contribution is -0.142. The van der Waals surface area contributed by atoms with Gasteiger partial charge in [0, 0.05) is 24.4 Å². The van der Waals surface area contributed by atoms with Crippen LogP contribution in [0.25, 0.3) is 0 Å². The van der Waals surface area contributed by atoms with Crippen LogP contribution in [0.5, 0.6) is 0 Å². The van der Waals surface area contributed by atoms with Gasteiger partial charge >= 0.3 is 0 Å². The second-order valence-electron chi connectivity index (χ2n) is 7.23. The van der Waals surface area contributed by atoms with Crippen LogP contribution >= 0.6 is 0 Å². The molecule has 0 aromatic rings. The van der Waals surface area contributed by atoms with Crippen molar-refractivity contribution in [3.05, 3.63) is 0 Å². The lowest BCUT2D eigenvalue weighted by Gasteiger charge is -2.40. The molecule has 2 aliphatic rings. The van der Waals surface area contributed by atoms with Crippen LogP contribution in [-0.2, 0) is 9.59 Å². The van der Waals surface area contributed by atoms with Gasteiger partial charge in [0.15, 0.2) is 0 Å². The number of piperidine rings is 2. The maximum Gasteiger partial charge on any atom is 0.225 e. The van der Waals surface area contributed by atoms with Crippen LogP contribution in [0.1, 0.15) is 59.8 Å². The minimum Gasteiger partial charge on any atom is -0.342 e. The lowest BCUT2D eigenvalue weighted by atomic mass is 9.77. The van der Waals surface area contributed by atoms with Crippen molar-refractivity contribution in [3.63, 3.8) is 0 Å². The lowest BCUT2D eigenvalue weighted by Crippen LogP contribution is -2.48. The highest BCUT2D eigenvalue weighted by Crippen LogP contribution is 2.32. The first-order chi connectivity index (χ1) is 10.3. The van der Waals surface area contributed by atoms with Crippen molar-refractivity contribution in [2.75, 3.05) is 33.2 Å². The molecular formula is C18H34N2O2. The second-order valence-corrected chi connectivity index (χ2v) is 7.23. The summed E-state index contributed by atoms with van der Waals surface area (Å²) in [7, 11) is 2.11. The summed E-state index contributed by atoms with van der Waals surface area (Å²) in [5, 5.41) is 0. The molecule has 4 nitrogen and oxygen atoms in total. The van der Waals surface area contributed by atoms with Gasteiger partial charge in [-0.2, -0.15) is 0 Å². The van der Waals surface area contributed by atoms with E-state index < -0.39 is 0 Å². The fourth-order valence-electron chi connectivity index (χ4n) is 3.09. The van der Waals surface area contributed by atoms with Crippen LogP contribution in [0.15, 0.2) is 0 Å².